The molecule has 1 aliphatic heterocycles. The molecule has 5 rings (SSSR count). The van der Waals surface area contributed by atoms with Crippen molar-refractivity contribution in [2.45, 2.75) is 58.3 Å². The molecule has 1 aliphatic carbocycles. The zero-order valence-electron chi connectivity index (χ0n) is 19.7. The van der Waals surface area contributed by atoms with Gasteiger partial charge in [-0.3, -0.25) is 19.1 Å². The molecule has 1 aromatic carbocycles. The number of benzene rings is 1. The van der Waals surface area contributed by atoms with Crippen LogP contribution in [0.15, 0.2) is 30.5 Å². The predicted molar refractivity (Wildman–Crippen MR) is 125 cm³/mol. The number of ether oxygens (including phenoxy) is 1. The van der Waals surface area contributed by atoms with Gasteiger partial charge in [0.1, 0.15) is 5.75 Å². The minimum atomic E-state index is -0.0312. The molecule has 1 amide bonds. The van der Waals surface area contributed by atoms with Crippen LogP contribution < -0.4 is 10.1 Å². The summed E-state index contributed by atoms with van der Waals surface area (Å²) in [5.41, 5.74) is 6.52. The third-order valence-corrected chi connectivity index (χ3v) is 6.84. The summed E-state index contributed by atoms with van der Waals surface area (Å²) in [5.74, 6) is 0.828. The maximum atomic E-state index is 13.0. The summed E-state index contributed by atoms with van der Waals surface area (Å²) in [6.45, 7) is 5.37. The summed E-state index contributed by atoms with van der Waals surface area (Å²) in [6, 6.07) is 8.47. The first-order valence-corrected chi connectivity index (χ1v) is 11.7. The van der Waals surface area contributed by atoms with Gasteiger partial charge in [-0.1, -0.05) is 12.1 Å². The third kappa shape index (κ3) is 4.66. The van der Waals surface area contributed by atoms with E-state index in [1.165, 1.54) is 22.5 Å². The van der Waals surface area contributed by atoms with Crippen LogP contribution in [0.4, 0.5) is 0 Å². The molecule has 0 bridgehead atoms. The van der Waals surface area contributed by atoms with Crippen LogP contribution in [0.3, 0.4) is 0 Å². The molecule has 8 heteroatoms. The van der Waals surface area contributed by atoms with Crippen LogP contribution in [0.5, 0.6) is 5.75 Å². The van der Waals surface area contributed by atoms with Crippen LogP contribution in [0.1, 0.15) is 51.4 Å². The number of aryl methyl sites for hydroxylation is 3. The number of nitrogens with one attached hydrogen (secondary N) is 1. The summed E-state index contributed by atoms with van der Waals surface area (Å²) in [7, 11) is 3.65. The fourth-order valence-electron chi connectivity index (χ4n) is 4.50. The highest BCUT2D eigenvalue weighted by Crippen LogP contribution is 2.26. The van der Waals surface area contributed by atoms with Crippen molar-refractivity contribution in [2.24, 2.45) is 7.05 Å². The van der Waals surface area contributed by atoms with E-state index in [0.29, 0.717) is 11.7 Å². The van der Waals surface area contributed by atoms with E-state index in [-0.39, 0.29) is 5.91 Å². The van der Waals surface area contributed by atoms with Crippen LogP contribution in [-0.4, -0.2) is 50.1 Å². The van der Waals surface area contributed by atoms with E-state index >= 15 is 0 Å². The minimum absolute atomic E-state index is 0.0312. The summed E-state index contributed by atoms with van der Waals surface area (Å²) in [4.78, 5) is 15.4. The molecule has 1 saturated carbocycles. The Bertz CT molecular complexity index is 1140. The molecule has 0 radical (unpaired) electrons. The SMILES string of the molecule is COc1ccc(CCn2nc(C(=O)NC3CC3)c3c2CCN(Cc2cnn(C)c2C)C3)cc1. The van der Waals surface area contributed by atoms with Gasteiger partial charge >= 0.3 is 0 Å². The number of carbonyl (C=O) groups is 1. The molecular formula is C25H32N6O2. The highest BCUT2D eigenvalue weighted by molar-refractivity contribution is 5.94. The van der Waals surface area contributed by atoms with Crippen LogP contribution in [0, 0.1) is 6.92 Å². The molecule has 0 saturated heterocycles. The summed E-state index contributed by atoms with van der Waals surface area (Å²) in [6.07, 6.45) is 5.84. The van der Waals surface area contributed by atoms with E-state index in [2.05, 4.69) is 39.1 Å². The number of hydrogen-bond acceptors (Lipinski definition) is 5. The summed E-state index contributed by atoms with van der Waals surface area (Å²) >= 11 is 0. The Labute approximate surface area is 194 Å². The Balaban J connectivity index is 1.36. The molecule has 174 valence electrons. The average Bonchev–Trinajstić information content (AvgIpc) is 3.50. The first-order chi connectivity index (χ1) is 16.0. The topological polar surface area (TPSA) is 77.2 Å². The van der Waals surface area contributed by atoms with Crippen molar-refractivity contribution in [2.75, 3.05) is 13.7 Å². The molecule has 8 nitrogen and oxygen atoms in total. The number of aromatic nitrogens is 4. The average molecular weight is 449 g/mol. The maximum Gasteiger partial charge on any atom is 0.272 e. The lowest BCUT2D eigenvalue weighted by Crippen LogP contribution is -2.33. The highest BCUT2D eigenvalue weighted by Gasteiger charge is 2.31. The van der Waals surface area contributed by atoms with Crippen LogP contribution >= 0.6 is 0 Å². The number of amides is 1. The first kappa shape index (κ1) is 21.7. The van der Waals surface area contributed by atoms with Crippen molar-refractivity contribution in [1.82, 2.24) is 29.8 Å². The molecule has 1 N–H and O–H groups in total. The van der Waals surface area contributed by atoms with Crippen molar-refractivity contribution in [3.8, 4) is 5.75 Å². The summed E-state index contributed by atoms with van der Waals surface area (Å²) < 4.78 is 9.24. The van der Waals surface area contributed by atoms with Gasteiger partial charge in [0, 0.05) is 68.2 Å². The van der Waals surface area contributed by atoms with Crippen molar-refractivity contribution in [3.63, 3.8) is 0 Å². The zero-order chi connectivity index (χ0) is 22.9. The molecule has 33 heavy (non-hydrogen) atoms. The monoisotopic (exact) mass is 448 g/mol. The van der Waals surface area contributed by atoms with Gasteiger partial charge in [-0.25, -0.2) is 0 Å². The van der Waals surface area contributed by atoms with Crippen molar-refractivity contribution >= 4 is 5.91 Å². The van der Waals surface area contributed by atoms with Crippen LogP contribution in [-0.2, 0) is 39.5 Å². The molecule has 0 spiro atoms. The zero-order valence-corrected chi connectivity index (χ0v) is 19.7. The second kappa shape index (κ2) is 9.02. The lowest BCUT2D eigenvalue weighted by Gasteiger charge is -2.27. The standard InChI is InChI=1S/C25H32N6O2/c1-17-19(14-26-29(17)2)15-30-12-11-23-22(16-30)24(25(32)27-20-6-7-20)28-31(23)13-10-18-4-8-21(33-3)9-5-18/h4-5,8-9,14,20H,6-7,10-13,15-16H2,1-3H3,(H,27,32). The van der Waals surface area contributed by atoms with Gasteiger partial charge in [-0.05, 0) is 43.9 Å². The van der Waals surface area contributed by atoms with Gasteiger partial charge in [0.05, 0.1) is 13.3 Å². The Kier molecular flexibility index (Phi) is 5.93. The Hall–Kier alpha value is -3.13. The number of methoxy groups -OCH3 is 1. The van der Waals surface area contributed by atoms with Gasteiger partial charge < -0.3 is 10.1 Å². The fourth-order valence-corrected chi connectivity index (χ4v) is 4.50. The quantitative estimate of drug-likeness (QED) is 0.573. The van der Waals surface area contributed by atoms with Gasteiger partial charge in [0.25, 0.3) is 5.91 Å². The Morgan fingerprint density at radius 1 is 1.24 bits per heavy atom. The van der Waals surface area contributed by atoms with Crippen molar-refractivity contribution in [3.05, 3.63) is 64.2 Å². The van der Waals surface area contributed by atoms with Gasteiger partial charge in [0.15, 0.2) is 5.69 Å². The van der Waals surface area contributed by atoms with E-state index < -0.39 is 0 Å². The number of nitrogens with zero attached hydrogens (tertiary/aromatic N) is 5. The second-order valence-electron chi connectivity index (χ2n) is 9.18. The lowest BCUT2D eigenvalue weighted by atomic mass is 10.0. The normalized spacial score (nSPS) is 16.0. The maximum absolute atomic E-state index is 13.0. The van der Waals surface area contributed by atoms with Gasteiger partial charge in [0.2, 0.25) is 0 Å². The highest BCUT2D eigenvalue weighted by atomic mass is 16.5. The van der Waals surface area contributed by atoms with Gasteiger partial charge in [-0.15, -0.1) is 0 Å². The second-order valence-corrected chi connectivity index (χ2v) is 9.18. The molecule has 2 aliphatic rings. The third-order valence-electron chi connectivity index (χ3n) is 6.84. The van der Waals surface area contributed by atoms with Crippen molar-refractivity contribution < 1.29 is 9.53 Å². The van der Waals surface area contributed by atoms with E-state index in [0.717, 1.165) is 63.2 Å². The van der Waals surface area contributed by atoms with Crippen LogP contribution in [0.2, 0.25) is 0 Å². The van der Waals surface area contributed by atoms with Crippen molar-refractivity contribution in [1.29, 1.82) is 0 Å². The molecule has 3 heterocycles. The largest absolute Gasteiger partial charge is 0.497 e. The summed E-state index contributed by atoms with van der Waals surface area (Å²) in [5, 5.41) is 12.3. The van der Waals surface area contributed by atoms with E-state index in [4.69, 9.17) is 9.84 Å². The molecule has 1 fully saturated rings. The van der Waals surface area contributed by atoms with Gasteiger partial charge in [-0.2, -0.15) is 10.2 Å². The number of fused-ring (bicyclic) bond motifs is 1. The molecule has 0 atom stereocenters. The smallest absolute Gasteiger partial charge is 0.272 e. The number of carbonyl (C=O) groups excluding carboxylic acids is 1. The Morgan fingerprint density at radius 3 is 2.70 bits per heavy atom. The van der Waals surface area contributed by atoms with Crippen LogP contribution in [0.25, 0.3) is 0 Å². The lowest BCUT2D eigenvalue weighted by molar-refractivity contribution is 0.0943. The minimum Gasteiger partial charge on any atom is -0.497 e. The predicted octanol–water partition coefficient (Wildman–Crippen LogP) is 2.63. The molecule has 2 aromatic heterocycles. The van der Waals surface area contributed by atoms with E-state index in [1.807, 2.05) is 30.1 Å². The number of hydrogen-bond donors (Lipinski definition) is 1. The van der Waals surface area contributed by atoms with E-state index in [1.54, 1.807) is 7.11 Å². The number of rotatable bonds is 8. The fraction of sp³-hybridized carbons (Fsp3) is 0.480. The molecule has 3 aromatic rings. The Morgan fingerprint density at radius 2 is 2.03 bits per heavy atom. The molecule has 0 unspecified atom stereocenters. The van der Waals surface area contributed by atoms with E-state index in [9.17, 15) is 4.79 Å². The molecular weight excluding hydrogens is 416 g/mol. The first-order valence-electron chi connectivity index (χ1n) is 11.7.